The van der Waals surface area contributed by atoms with E-state index in [0.717, 1.165) is 18.5 Å². The number of hydrogen-bond acceptors (Lipinski definition) is 2. The molecule has 16 heavy (non-hydrogen) atoms. The summed E-state index contributed by atoms with van der Waals surface area (Å²) < 4.78 is 0. The zero-order valence-corrected chi connectivity index (χ0v) is 11.1. The second-order valence-electron chi connectivity index (χ2n) is 4.20. The van der Waals surface area contributed by atoms with Crippen molar-refractivity contribution in [2.24, 2.45) is 5.73 Å². The lowest BCUT2D eigenvalue weighted by atomic mass is 10.1. The fourth-order valence-corrected chi connectivity index (χ4v) is 1.88. The third-order valence-corrected chi connectivity index (χ3v) is 2.81. The van der Waals surface area contributed by atoms with Crippen LogP contribution in [0.4, 0.5) is 5.69 Å². The second kappa shape index (κ2) is 5.85. The van der Waals surface area contributed by atoms with Gasteiger partial charge in [0.15, 0.2) is 0 Å². The van der Waals surface area contributed by atoms with Crippen molar-refractivity contribution in [3.05, 3.63) is 29.8 Å². The van der Waals surface area contributed by atoms with Gasteiger partial charge in [-0.3, -0.25) is 0 Å². The van der Waals surface area contributed by atoms with Crippen LogP contribution in [0.5, 0.6) is 0 Å². The van der Waals surface area contributed by atoms with Gasteiger partial charge >= 0.3 is 0 Å². The molecule has 1 rings (SSSR count). The Morgan fingerprint density at radius 3 is 2.25 bits per heavy atom. The summed E-state index contributed by atoms with van der Waals surface area (Å²) in [5.74, 6) is 0. The lowest BCUT2D eigenvalue weighted by Gasteiger charge is -2.28. The van der Waals surface area contributed by atoms with Gasteiger partial charge in [-0.25, -0.2) is 0 Å². The van der Waals surface area contributed by atoms with Crippen molar-refractivity contribution in [3.8, 4) is 0 Å². The number of hydrogen-bond donors (Lipinski definition) is 1. The van der Waals surface area contributed by atoms with Gasteiger partial charge < -0.3 is 10.6 Å². The molecular formula is C13H20N2S. The van der Waals surface area contributed by atoms with Crippen LogP contribution in [0.15, 0.2) is 24.3 Å². The summed E-state index contributed by atoms with van der Waals surface area (Å²) in [7, 11) is 0. The molecule has 0 unspecified atom stereocenters. The van der Waals surface area contributed by atoms with E-state index in [1.165, 1.54) is 5.69 Å². The Morgan fingerprint density at radius 2 is 1.88 bits per heavy atom. The standard InChI is InChI=1S/C13H20N2S/c1-4-9-15(10(2)3)12-7-5-11(6-8-12)13(14)16/h5-8,10H,4,9H2,1-3H3,(H2,14,16). The minimum Gasteiger partial charge on any atom is -0.389 e. The van der Waals surface area contributed by atoms with E-state index in [1.807, 2.05) is 12.1 Å². The molecule has 0 bridgehead atoms. The number of anilines is 1. The third kappa shape index (κ3) is 3.20. The predicted octanol–water partition coefficient (Wildman–Crippen LogP) is 2.95. The van der Waals surface area contributed by atoms with Crippen LogP contribution < -0.4 is 10.6 Å². The van der Waals surface area contributed by atoms with E-state index in [9.17, 15) is 0 Å². The van der Waals surface area contributed by atoms with Gasteiger partial charge in [0.1, 0.15) is 4.99 Å². The molecule has 1 aromatic carbocycles. The molecule has 2 nitrogen and oxygen atoms in total. The molecule has 0 radical (unpaired) electrons. The maximum absolute atomic E-state index is 5.58. The van der Waals surface area contributed by atoms with Crippen LogP contribution in [-0.2, 0) is 0 Å². The van der Waals surface area contributed by atoms with Crippen LogP contribution in [0.25, 0.3) is 0 Å². The monoisotopic (exact) mass is 236 g/mol. The molecule has 88 valence electrons. The van der Waals surface area contributed by atoms with Gasteiger partial charge in [-0.2, -0.15) is 0 Å². The molecule has 0 spiro atoms. The fraction of sp³-hybridized carbons (Fsp3) is 0.462. The Balaban J connectivity index is 2.89. The maximum atomic E-state index is 5.58. The Hall–Kier alpha value is -1.09. The Morgan fingerprint density at radius 1 is 1.31 bits per heavy atom. The molecule has 0 saturated heterocycles. The predicted molar refractivity (Wildman–Crippen MR) is 75.1 cm³/mol. The molecule has 0 aliphatic heterocycles. The van der Waals surface area contributed by atoms with Crippen molar-refractivity contribution in [1.29, 1.82) is 0 Å². The molecule has 0 aliphatic rings. The number of nitrogens with zero attached hydrogens (tertiary/aromatic N) is 1. The van der Waals surface area contributed by atoms with Gasteiger partial charge in [-0.05, 0) is 44.5 Å². The molecular weight excluding hydrogens is 216 g/mol. The molecule has 0 aromatic heterocycles. The van der Waals surface area contributed by atoms with Gasteiger partial charge in [0, 0.05) is 23.8 Å². The molecule has 2 N–H and O–H groups in total. The Kier molecular flexibility index (Phi) is 4.74. The minimum atomic E-state index is 0.457. The largest absolute Gasteiger partial charge is 0.389 e. The third-order valence-electron chi connectivity index (χ3n) is 2.57. The topological polar surface area (TPSA) is 29.3 Å². The molecule has 0 fully saturated rings. The van der Waals surface area contributed by atoms with Gasteiger partial charge in [0.25, 0.3) is 0 Å². The second-order valence-corrected chi connectivity index (χ2v) is 4.64. The summed E-state index contributed by atoms with van der Waals surface area (Å²) in [6.45, 7) is 7.68. The highest BCUT2D eigenvalue weighted by Crippen LogP contribution is 2.18. The highest BCUT2D eigenvalue weighted by molar-refractivity contribution is 7.80. The van der Waals surface area contributed by atoms with Crippen molar-refractivity contribution in [1.82, 2.24) is 0 Å². The zero-order valence-electron chi connectivity index (χ0n) is 10.2. The van der Waals surface area contributed by atoms with Crippen LogP contribution in [0.1, 0.15) is 32.8 Å². The number of benzene rings is 1. The number of nitrogens with two attached hydrogens (primary N) is 1. The SMILES string of the molecule is CCCN(c1ccc(C(N)=S)cc1)C(C)C. The molecule has 0 amide bonds. The van der Waals surface area contributed by atoms with Crippen LogP contribution in [-0.4, -0.2) is 17.6 Å². The van der Waals surface area contributed by atoms with Crippen LogP contribution in [0.2, 0.25) is 0 Å². The van der Waals surface area contributed by atoms with Crippen molar-refractivity contribution in [2.75, 3.05) is 11.4 Å². The summed E-state index contributed by atoms with van der Waals surface area (Å²) in [5, 5.41) is 0. The fourth-order valence-electron chi connectivity index (χ4n) is 1.74. The molecule has 0 atom stereocenters. The minimum absolute atomic E-state index is 0.457. The number of thiocarbonyl (C=S) groups is 1. The average Bonchev–Trinajstić information content (AvgIpc) is 2.25. The van der Waals surface area contributed by atoms with E-state index in [2.05, 4.69) is 37.8 Å². The lowest BCUT2D eigenvalue weighted by molar-refractivity contribution is 0.671. The quantitative estimate of drug-likeness (QED) is 0.797. The molecule has 0 aliphatic carbocycles. The van der Waals surface area contributed by atoms with E-state index in [-0.39, 0.29) is 0 Å². The molecule has 0 heterocycles. The highest BCUT2D eigenvalue weighted by atomic mass is 32.1. The zero-order chi connectivity index (χ0) is 12.1. The summed E-state index contributed by atoms with van der Waals surface area (Å²) in [6, 6.07) is 8.66. The van der Waals surface area contributed by atoms with Crippen molar-refractivity contribution >= 4 is 22.9 Å². The smallest absolute Gasteiger partial charge is 0.103 e. The van der Waals surface area contributed by atoms with E-state index < -0.39 is 0 Å². The van der Waals surface area contributed by atoms with Crippen LogP contribution in [0.3, 0.4) is 0 Å². The van der Waals surface area contributed by atoms with Gasteiger partial charge in [-0.15, -0.1) is 0 Å². The van der Waals surface area contributed by atoms with Crippen molar-refractivity contribution < 1.29 is 0 Å². The first-order chi connectivity index (χ1) is 7.56. The highest BCUT2D eigenvalue weighted by Gasteiger charge is 2.09. The van der Waals surface area contributed by atoms with E-state index in [0.29, 0.717) is 11.0 Å². The molecule has 1 aromatic rings. The molecule has 3 heteroatoms. The summed E-state index contributed by atoms with van der Waals surface area (Å²) in [4.78, 5) is 2.83. The first-order valence-electron chi connectivity index (χ1n) is 5.72. The first kappa shape index (κ1) is 13.0. The van der Waals surface area contributed by atoms with Gasteiger partial charge in [0.2, 0.25) is 0 Å². The van der Waals surface area contributed by atoms with Crippen LogP contribution >= 0.6 is 12.2 Å². The Bertz CT molecular complexity index is 343. The summed E-state index contributed by atoms with van der Waals surface area (Å²) >= 11 is 4.94. The van der Waals surface area contributed by atoms with E-state index in [4.69, 9.17) is 18.0 Å². The summed E-state index contributed by atoms with van der Waals surface area (Å²) in [5.41, 5.74) is 7.74. The lowest BCUT2D eigenvalue weighted by Crippen LogP contribution is -2.31. The van der Waals surface area contributed by atoms with Gasteiger partial charge in [0.05, 0.1) is 0 Å². The van der Waals surface area contributed by atoms with Crippen molar-refractivity contribution in [3.63, 3.8) is 0 Å². The van der Waals surface area contributed by atoms with Crippen LogP contribution in [0, 0.1) is 0 Å². The number of rotatable bonds is 5. The van der Waals surface area contributed by atoms with Gasteiger partial charge in [-0.1, -0.05) is 19.1 Å². The van der Waals surface area contributed by atoms with E-state index >= 15 is 0 Å². The summed E-state index contributed by atoms with van der Waals surface area (Å²) in [6.07, 6.45) is 1.15. The molecule has 0 saturated carbocycles. The van der Waals surface area contributed by atoms with E-state index in [1.54, 1.807) is 0 Å². The average molecular weight is 236 g/mol. The van der Waals surface area contributed by atoms with Crippen molar-refractivity contribution in [2.45, 2.75) is 33.2 Å². The first-order valence-corrected chi connectivity index (χ1v) is 6.13. The maximum Gasteiger partial charge on any atom is 0.103 e. The Labute approximate surface area is 103 Å². The normalized spacial score (nSPS) is 10.5.